The number of ether oxygens (including phenoxy) is 1. The molecule has 0 saturated carbocycles. The largest absolute Gasteiger partial charge is 0.477 e. The number of aromatic carboxylic acids is 1. The van der Waals surface area contributed by atoms with E-state index in [1.165, 1.54) is 11.0 Å². The molecule has 2 heterocycles. The average Bonchev–Trinajstić information content (AvgIpc) is 2.94. The van der Waals surface area contributed by atoms with Gasteiger partial charge in [0.15, 0.2) is 5.69 Å². The van der Waals surface area contributed by atoms with Crippen molar-refractivity contribution < 1.29 is 24.2 Å². The Morgan fingerprint density at radius 2 is 1.82 bits per heavy atom. The summed E-state index contributed by atoms with van der Waals surface area (Å²) in [5, 5.41) is 12.9. The number of aromatic nitrogens is 1. The molecule has 0 fully saturated rings. The lowest BCUT2D eigenvalue weighted by Gasteiger charge is -2.37. The number of benzene rings is 2. The van der Waals surface area contributed by atoms with Crippen LogP contribution in [0.2, 0.25) is 5.02 Å². The monoisotopic (exact) mass is 549 g/mol. The van der Waals surface area contributed by atoms with Crippen molar-refractivity contribution in [1.29, 1.82) is 0 Å². The Morgan fingerprint density at radius 3 is 2.46 bits per heavy atom. The molecule has 1 aliphatic rings. The Morgan fingerprint density at radius 1 is 1.10 bits per heavy atom. The van der Waals surface area contributed by atoms with Gasteiger partial charge in [-0.15, -0.1) is 0 Å². The minimum Gasteiger partial charge on any atom is -0.477 e. The van der Waals surface area contributed by atoms with Crippen molar-refractivity contribution in [2.24, 2.45) is 4.99 Å². The first-order valence-electron chi connectivity index (χ1n) is 12.4. The van der Waals surface area contributed by atoms with Gasteiger partial charge in [0.1, 0.15) is 11.8 Å². The molecule has 10 nitrogen and oxygen atoms in total. The zero-order valence-corrected chi connectivity index (χ0v) is 22.3. The number of rotatable bonds is 9. The minimum absolute atomic E-state index is 0.104. The van der Waals surface area contributed by atoms with E-state index in [0.717, 1.165) is 5.56 Å². The van der Waals surface area contributed by atoms with Crippen LogP contribution in [0.15, 0.2) is 71.7 Å². The van der Waals surface area contributed by atoms with Gasteiger partial charge in [-0.3, -0.25) is 14.5 Å². The van der Waals surface area contributed by atoms with Gasteiger partial charge in [-0.05, 0) is 55.0 Å². The number of anilines is 1. The summed E-state index contributed by atoms with van der Waals surface area (Å²) in [7, 11) is 0. The van der Waals surface area contributed by atoms with Crippen LogP contribution in [0, 0.1) is 0 Å². The summed E-state index contributed by atoms with van der Waals surface area (Å²) in [5.74, 6) is -0.513. The number of amides is 2. The van der Waals surface area contributed by atoms with Crippen LogP contribution in [-0.4, -0.2) is 62.8 Å². The van der Waals surface area contributed by atoms with Crippen LogP contribution in [-0.2, 0) is 16.1 Å². The maximum absolute atomic E-state index is 13.7. The van der Waals surface area contributed by atoms with Gasteiger partial charge in [0.05, 0.1) is 13.1 Å². The molecule has 0 aliphatic carbocycles. The van der Waals surface area contributed by atoms with Gasteiger partial charge in [0, 0.05) is 29.7 Å². The molecule has 1 aromatic heterocycles. The highest BCUT2D eigenvalue weighted by atomic mass is 35.5. The van der Waals surface area contributed by atoms with Crippen LogP contribution in [0.5, 0.6) is 11.6 Å². The molecule has 2 N–H and O–H groups in total. The van der Waals surface area contributed by atoms with Crippen LogP contribution in [0.3, 0.4) is 0 Å². The van der Waals surface area contributed by atoms with E-state index in [1.807, 2.05) is 19.1 Å². The lowest BCUT2D eigenvalue weighted by molar-refractivity contribution is -0.143. The van der Waals surface area contributed by atoms with Gasteiger partial charge in [-0.1, -0.05) is 36.7 Å². The Hall–Kier alpha value is -4.44. The van der Waals surface area contributed by atoms with Crippen LogP contribution >= 0.6 is 11.6 Å². The molecule has 2 amide bonds. The highest BCUT2D eigenvalue weighted by Gasteiger charge is 2.37. The number of carboxylic acid groups (broad SMARTS) is 1. The number of likely N-dealkylation sites (N-methyl/N-ethyl adjacent to an activating group) is 1. The Kier molecular flexibility index (Phi) is 8.77. The Balaban J connectivity index is 1.55. The molecule has 1 atom stereocenters. The summed E-state index contributed by atoms with van der Waals surface area (Å²) in [5.41, 5.74) is 1.39. The molecule has 39 heavy (non-hydrogen) atoms. The van der Waals surface area contributed by atoms with Crippen molar-refractivity contribution >= 4 is 41.0 Å². The number of halogens is 1. The summed E-state index contributed by atoms with van der Waals surface area (Å²) >= 11 is 6.04. The minimum atomic E-state index is -1.14. The summed E-state index contributed by atoms with van der Waals surface area (Å²) in [6.07, 6.45) is 0.300. The molecule has 202 valence electrons. The van der Waals surface area contributed by atoms with Crippen LogP contribution in [0.4, 0.5) is 5.69 Å². The Labute approximate surface area is 230 Å². The quantitative estimate of drug-likeness (QED) is 0.397. The predicted octanol–water partition coefficient (Wildman–Crippen LogP) is 4.66. The summed E-state index contributed by atoms with van der Waals surface area (Å²) in [6.45, 7) is 4.40. The zero-order chi connectivity index (χ0) is 27.9. The number of nitrogens with one attached hydrogen (secondary N) is 1. The number of carbonyl (C=O) groups excluding carboxylic acids is 2. The fourth-order valence-electron chi connectivity index (χ4n) is 4.11. The van der Waals surface area contributed by atoms with Gasteiger partial charge in [-0.25, -0.2) is 14.8 Å². The molecule has 1 aliphatic heterocycles. The number of carbonyl (C=O) groups is 3. The second-order valence-electron chi connectivity index (χ2n) is 8.68. The molecule has 0 saturated heterocycles. The molecule has 0 spiro atoms. The van der Waals surface area contributed by atoms with Crippen LogP contribution in [0.25, 0.3) is 0 Å². The molecule has 2 aromatic carbocycles. The second-order valence-corrected chi connectivity index (χ2v) is 9.12. The number of nitrogens with zero attached hydrogens (tertiary/aromatic N) is 4. The molecule has 11 heteroatoms. The van der Waals surface area contributed by atoms with E-state index in [-0.39, 0.29) is 36.5 Å². The lowest BCUT2D eigenvalue weighted by Crippen LogP contribution is -2.57. The molecular weight excluding hydrogens is 522 g/mol. The second kappa shape index (κ2) is 12.4. The normalized spacial score (nSPS) is 14.9. The molecule has 4 rings (SSSR count). The van der Waals surface area contributed by atoms with Gasteiger partial charge >= 0.3 is 5.97 Å². The standard InChI is InChI=1S/C28H28ClN5O5/c1-3-25(35)33(4-2)23-16-30-28(34(26(23)36)17-18-8-10-19(29)11-9-18)31-20-12-14-21(15-13-20)39-24-7-5-6-22(32-24)27(37)38/h5-15,23H,3-4,16-17H2,1-2H3,(H,30,31)(H,37,38). The molecule has 3 aromatic rings. The van der Waals surface area contributed by atoms with E-state index in [9.17, 15) is 14.4 Å². The number of aliphatic imine (C=N–C) groups is 1. The van der Waals surface area contributed by atoms with Gasteiger partial charge in [0.2, 0.25) is 17.7 Å². The first kappa shape index (κ1) is 27.6. The van der Waals surface area contributed by atoms with E-state index in [4.69, 9.17) is 21.4 Å². The number of hydrogen-bond acceptors (Lipinski definition) is 7. The smallest absolute Gasteiger partial charge is 0.354 e. The molecule has 0 bridgehead atoms. The van der Waals surface area contributed by atoms with Crippen molar-refractivity contribution in [3.8, 4) is 11.6 Å². The van der Waals surface area contributed by atoms with Crippen molar-refractivity contribution in [1.82, 2.24) is 14.8 Å². The fourth-order valence-corrected chi connectivity index (χ4v) is 4.23. The predicted molar refractivity (Wildman–Crippen MR) is 147 cm³/mol. The van der Waals surface area contributed by atoms with Crippen molar-refractivity contribution in [2.45, 2.75) is 32.9 Å². The average molecular weight is 550 g/mol. The lowest BCUT2D eigenvalue weighted by atomic mass is 10.1. The fraction of sp³-hybridized carbons (Fsp3) is 0.250. The van der Waals surface area contributed by atoms with Gasteiger partial charge < -0.3 is 20.1 Å². The van der Waals surface area contributed by atoms with Crippen molar-refractivity contribution in [2.75, 3.05) is 18.4 Å². The van der Waals surface area contributed by atoms with Crippen molar-refractivity contribution in [3.05, 3.63) is 83.0 Å². The highest BCUT2D eigenvalue weighted by molar-refractivity contribution is 6.30. The highest BCUT2D eigenvalue weighted by Crippen LogP contribution is 2.24. The number of pyridine rings is 1. The SMILES string of the molecule is CCC(=O)N(CC)C1CN=C(Nc2ccc(Oc3cccc(C(=O)O)n3)cc2)N(Cc2ccc(Cl)cc2)C1=O. The van der Waals surface area contributed by atoms with E-state index in [1.54, 1.807) is 60.4 Å². The summed E-state index contributed by atoms with van der Waals surface area (Å²) in [4.78, 5) is 49.0. The summed E-state index contributed by atoms with van der Waals surface area (Å²) in [6, 6.07) is 17.9. The van der Waals surface area contributed by atoms with Gasteiger partial charge in [-0.2, -0.15) is 0 Å². The maximum atomic E-state index is 13.7. The maximum Gasteiger partial charge on any atom is 0.354 e. The summed E-state index contributed by atoms with van der Waals surface area (Å²) < 4.78 is 5.68. The van der Waals surface area contributed by atoms with Crippen LogP contribution in [0.1, 0.15) is 36.3 Å². The number of carboxylic acids is 1. The molecule has 0 radical (unpaired) electrons. The number of guanidine groups is 1. The third-order valence-corrected chi connectivity index (χ3v) is 6.34. The Bertz CT molecular complexity index is 1380. The van der Waals surface area contributed by atoms with E-state index < -0.39 is 12.0 Å². The number of hydrogen-bond donors (Lipinski definition) is 2. The van der Waals surface area contributed by atoms with E-state index in [2.05, 4.69) is 15.3 Å². The van der Waals surface area contributed by atoms with Crippen LogP contribution < -0.4 is 10.1 Å². The topological polar surface area (TPSA) is 124 Å². The first-order valence-corrected chi connectivity index (χ1v) is 12.8. The third kappa shape index (κ3) is 6.71. The molecule has 1 unspecified atom stereocenters. The third-order valence-electron chi connectivity index (χ3n) is 6.09. The van der Waals surface area contributed by atoms with E-state index in [0.29, 0.717) is 35.4 Å². The first-order chi connectivity index (χ1) is 18.8. The van der Waals surface area contributed by atoms with Gasteiger partial charge in [0.25, 0.3) is 5.91 Å². The zero-order valence-electron chi connectivity index (χ0n) is 21.5. The van der Waals surface area contributed by atoms with E-state index >= 15 is 0 Å². The van der Waals surface area contributed by atoms with Crippen molar-refractivity contribution in [3.63, 3.8) is 0 Å². The molecular formula is C28H28ClN5O5.